The molecule has 1 atom stereocenters. The quantitative estimate of drug-likeness (QED) is 0.672. The van der Waals surface area contributed by atoms with Crippen LogP contribution in [0.15, 0.2) is 18.3 Å². The molecular weight excluding hydrogens is 190 g/mol. The van der Waals surface area contributed by atoms with Crippen LogP contribution in [0.4, 0.5) is 0 Å². The van der Waals surface area contributed by atoms with Gasteiger partial charge in [0, 0.05) is 13.3 Å². The number of aldehydes is 1. The molecule has 0 aliphatic carbocycles. The maximum Gasteiger partial charge on any atom is 0.168 e. The molecule has 1 aromatic heterocycles. The van der Waals surface area contributed by atoms with Crippen LogP contribution < -0.4 is 0 Å². The summed E-state index contributed by atoms with van der Waals surface area (Å²) >= 11 is 0. The summed E-state index contributed by atoms with van der Waals surface area (Å²) in [6.45, 7) is 2.10. The van der Waals surface area contributed by atoms with Gasteiger partial charge >= 0.3 is 0 Å². The first-order valence-corrected chi connectivity index (χ1v) is 5.23. The molecule has 3 heteroatoms. The lowest BCUT2D eigenvalue weighted by atomic mass is 10.0. The summed E-state index contributed by atoms with van der Waals surface area (Å²) in [4.78, 5) is 14.7. The van der Waals surface area contributed by atoms with Gasteiger partial charge in [-0.15, -0.1) is 0 Å². The van der Waals surface area contributed by atoms with Crippen molar-refractivity contribution < 1.29 is 9.53 Å². The number of hydrogen-bond acceptors (Lipinski definition) is 3. The lowest BCUT2D eigenvalue weighted by Gasteiger charge is -2.12. The Morgan fingerprint density at radius 1 is 1.60 bits per heavy atom. The van der Waals surface area contributed by atoms with E-state index in [0.717, 1.165) is 31.1 Å². The van der Waals surface area contributed by atoms with E-state index in [9.17, 15) is 4.79 Å². The van der Waals surface area contributed by atoms with Crippen LogP contribution in [0.25, 0.3) is 0 Å². The molecule has 0 aromatic carbocycles. The molecule has 0 bridgehead atoms. The van der Waals surface area contributed by atoms with E-state index in [1.54, 1.807) is 13.3 Å². The number of carbonyl (C=O) groups excluding carboxylic acids is 1. The van der Waals surface area contributed by atoms with Gasteiger partial charge < -0.3 is 4.74 Å². The maximum absolute atomic E-state index is 10.7. The lowest BCUT2D eigenvalue weighted by molar-refractivity contribution is 0.0922. The summed E-state index contributed by atoms with van der Waals surface area (Å²) in [5, 5.41) is 0. The van der Waals surface area contributed by atoms with Crippen molar-refractivity contribution in [3.05, 3.63) is 29.6 Å². The number of ether oxygens (including phenoxy) is 1. The Balaban J connectivity index is 2.60. The van der Waals surface area contributed by atoms with E-state index in [2.05, 4.69) is 11.9 Å². The van der Waals surface area contributed by atoms with E-state index in [4.69, 9.17) is 4.74 Å². The van der Waals surface area contributed by atoms with Gasteiger partial charge in [0.05, 0.1) is 6.10 Å². The molecule has 1 heterocycles. The first kappa shape index (κ1) is 11.9. The molecule has 0 saturated heterocycles. The average Bonchev–Trinajstić information content (AvgIpc) is 2.31. The van der Waals surface area contributed by atoms with Crippen LogP contribution >= 0.6 is 0 Å². The number of aromatic nitrogens is 1. The maximum atomic E-state index is 10.7. The first-order valence-electron chi connectivity index (χ1n) is 5.23. The standard InChI is InChI=1S/C12H17NO2/c1-3-11(15-2)7-6-10-5-4-8-13-12(10)9-14/h4-5,8-9,11H,3,6-7H2,1-2H3. The third kappa shape index (κ3) is 3.44. The Hall–Kier alpha value is -1.22. The third-order valence-electron chi connectivity index (χ3n) is 2.56. The average molecular weight is 207 g/mol. The zero-order valence-corrected chi connectivity index (χ0v) is 9.27. The van der Waals surface area contributed by atoms with Crippen LogP contribution in [-0.4, -0.2) is 24.5 Å². The molecule has 15 heavy (non-hydrogen) atoms. The van der Waals surface area contributed by atoms with Gasteiger partial charge in [0.1, 0.15) is 5.69 Å². The molecule has 0 fully saturated rings. The third-order valence-corrected chi connectivity index (χ3v) is 2.56. The molecule has 0 aliphatic heterocycles. The molecule has 0 N–H and O–H groups in total. The second kappa shape index (κ2) is 6.30. The van der Waals surface area contributed by atoms with Crippen LogP contribution in [0.5, 0.6) is 0 Å². The van der Waals surface area contributed by atoms with Crippen molar-refractivity contribution in [3.63, 3.8) is 0 Å². The first-order chi connectivity index (χ1) is 7.31. The van der Waals surface area contributed by atoms with Crippen LogP contribution in [-0.2, 0) is 11.2 Å². The van der Waals surface area contributed by atoms with Crippen molar-refractivity contribution in [2.75, 3.05) is 7.11 Å². The zero-order chi connectivity index (χ0) is 11.1. The van der Waals surface area contributed by atoms with Gasteiger partial charge in [0.2, 0.25) is 0 Å². The van der Waals surface area contributed by atoms with Gasteiger partial charge in [-0.05, 0) is 30.9 Å². The van der Waals surface area contributed by atoms with Gasteiger partial charge in [-0.2, -0.15) is 0 Å². The minimum absolute atomic E-state index is 0.268. The summed E-state index contributed by atoms with van der Waals surface area (Å²) in [6, 6.07) is 3.80. The summed E-state index contributed by atoms with van der Waals surface area (Å²) < 4.78 is 5.29. The molecule has 0 spiro atoms. The molecule has 0 amide bonds. The van der Waals surface area contributed by atoms with Gasteiger partial charge in [0.15, 0.2) is 6.29 Å². The minimum Gasteiger partial charge on any atom is -0.381 e. The predicted molar refractivity (Wildman–Crippen MR) is 59.0 cm³/mol. The Morgan fingerprint density at radius 2 is 2.40 bits per heavy atom. The molecule has 1 aromatic rings. The normalized spacial score (nSPS) is 12.4. The Kier molecular flexibility index (Phi) is 4.98. The number of methoxy groups -OCH3 is 1. The Morgan fingerprint density at radius 3 is 3.00 bits per heavy atom. The predicted octanol–water partition coefficient (Wildman–Crippen LogP) is 2.25. The number of nitrogens with zero attached hydrogens (tertiary/aromatic N) is 1. The van der Waals surface area contributed by atoms with E-state index in [0.29, 0.717) is 5.69 Å². The molecule has 0 radical (unpaired) electrons. The zero-order valence-electron chi connectivity index (χ0n) is 9.27. The van der Waals surface area contributed by atoms with Crippen LogP contribution in [0.2, 0.25) is 0 Å². The highest BCUT2D eigenvalue weighted by atomic mass is 16.5. The molecule has 82 valence electrons. The molecule has 0 saturated carbocycles. The van der Waals surface area contributed by atoms with Crippen LogP contribution in [0.3, 0.4) is 0 Å². The van der Waals surface area contributed by atoms with Crippen molar-refractivity contribution >= 4 is 6.29 Å². The highest BCUT2D eigenvalue weighted by molar-refractivity contribution is 5.73. The van der Waals surface area contributed by atoms with E-state index < -0.39 is 0 Å². The molecule has 3 nitrogen and oxygen atoms in total. The highest BCUT2D eigenvalue weighted by Crippen LogP contribution is 2.11. The van der Waals surface area contributed by atoms with Crippen molar-refractivity contribution in [2.24, 2.45) is 0 Å². The number of aryl methyl sites for hydroxylation is 1. The number of rotatable bonds is 6. The van der Waals surface area contributed by atoms with Crippen molar-refractivity contribution in [2.45, 2.75) is 32.3 Å². The largest absolute Gasteiger partial charge is 0.381 e. The van der Waals surface area contributed by atoms with E-state index in [-0.39, 0.29) is 6.10 Å². The monoisotopic (exact) mass is 207 g/mol. The van der Waals surface area contributed by atoms with Crippen molar-refractivity contribution in [3.8, 4) is 0 Å². The van der Waals surface area contributed by atoms with E-state index in [1.165, 1.54) is 0 Å². The Bertz CT molecular complexity index is 308. The summed E-state index contributed by atoms with van der Waals surface area (Å²) in [7, 11) is 1.72. The summed E-state index contributed by atoms with van der Waals surface area (Å²) in [5.74, 6) is 0. The molecular formula is C12H17NO2. The molecule has 0 aliphatic rings. The lowest BCUT2D eigenvalue weighted by Crippen LogP contribution is -2.10. The van der Waals surface area contributed by atoms with Crippen molar-refractivity contribution in [1.29, 1.82) is 0 Å². The van der Waals surface area contributed by atoms with Gasteiger partial charge in [-0.3, -0.25) is 9.78 Å². The topological polar surface area (TPSA) is 39.2 Å². The smallest absolute Gasteiger partial charge is 0.168 e. The number of pyridine rings is 1. The Labute approximate surface area is 90.5 Å². The molecule has 1 rings (SSSR count). The SMILES string of the molecule is CCC(CCc1cccnc1C=O)OC. The van der Waals surface area contributed by atoms with Crippen LogP contribution in [0.1, 0.15) is 35.8 Å². The second-order valence-electron chi connectivity index (χ2n) is 3.47. The van der Waals surface area contributed by atoms with Gasteiger partial charge in [-0.25, -0.2) is 0 Å². The van der Waals surface area contributed by atoms with Crippen molar-refractivity contribution in [1.82, 2.24) is 4.98 Å². The summed E-state index contributed by atoms with van der Waals surface area (Å²) in [6.07, 6.45) is 5.48. The summed E-state index contributed by atoms with van der Waals surface area (Å²) in [5.41, 5.74) is 1.55. The van der Waals surface area contributed by atoms with Crippen LogP contribution in [0, 0.1) is 0 Å². The fourth-order valence-corrected chi connectivity index (χ4v) is 1.57. The fraction of sp³-hybridized carbons (Fsp3) is 0.500. The molecule has 1 unspecified atom stereocenters. The van der Waals surface area contributed by atoms with E-state index >= 15 is 0 Å². The van der Waals surface area contributed by atoms with Gasteiger partial charge in [-0.1, -0.05) is 13.0 Å². The highest BCUT2D eigenvalue weighted by Gasteiger charge is 2.07. The fourth-order valence-electron chi connectivity index (χ4n) is 1.57. The number of carbonyl (C=O) groups is 1. The number of hydrogen-bond donors (Lipinski definition) is 0. The van der Waals surface area contributed by atoms with Gasteiger partial charge in [0.25, 0.3) is 0 Å². The minimum atomic E-state index is 0.268. The van der Waals surface area contributed by atoms with E-state index in [1.807, 2.05) is 12.1 Å². The second-order valence-corrected chi connectivity index (χ2v) is 3.47.